The topological polar surface area (TPSA) is 70.0 Å². The third kappa shape index (κ3) is 9.05. The van der Waals surface area contributed by atoms with Gasteiger partial charge in [-0.1, -0.05) is 0 Å². The lowest BCUT2D eigenvalue weighted by Crippen LogP contribution is -2.43. The van der Waals surface area contributed by atoms with Crippen molar-refractivity contribution in [1.82, 2.24) is 4.90 Å². The first kappa shape index (κ1) is 23.2. The van der Waals surface area contributed by atoms with Crippen molar-refractivity contribution in [2.75, 3.05) is 26.2 Å². The maximum absolute atomic E-state index is 12.7. The summed E-state index contributed by atoms with van der Waals surface area (Å²) in [4.78, 5) is 11.2. The highest BCUT2D eigenvalue weighted by Gasteiger charge is 2.38. The van der Waals surface area contributed by atoms with Crippen molar-refractivity contribution in [2.45, 2.75) is 38.5 Å². The fourth-order valence-electron chi connectivity index (χ4n) is 2.69. The number of rotatable bonds is 5. The number of likely N-dealkylation sites (tertiary alicyclic amines) is 1. The largest absolute Gasteiger partial charge is 0.492 e. The molecule has 1 aliphatic heterocycles. The first-order valence-corrected chi connectivity index (χ1v) is 8.53. The predicted molar refractivity (Wildman–Crippen MR) is 91.0 cm³/mol. The van der Waals surface area contributed by atoms with Gasteiger partial charge in [0.15, 0.2) is 0 Å². The summed E-state index contributed by atoms with van der Waals surface area (Å²) in [7, 11) is 0. The number of halogens is 4. The molecule has 0 radical (unpaired) electrons. The molecular formula is C18H25F4NO4. The average Bonchev–Trinajstić information content (AvgIpc) is 2.56. The third-order valence-electron chi connectivity index (χ3n) is 4.32. The Morgan fingerprint density at radius 3 is 2.07 bits per heavy atom. The maximum Gasteiger partial charge on any atom is 0.490 e. The van der Waals surface area contributed by atoms with Gasteiger partial charge in [0.05, 0.1) is 5.60 Å². The highest BCUT2D eigenvalue weighted by Crippen LogP contribution is 2.27. The second kappa shape index (κ2) is 9.89. The van der Waals surface area contributed by atoms with Crippen LogP contribution in [0.5, 0.6) is 5.75 Å². The van der Waals surface area contributed by atoms with Gasteiger partial charge in [-0.15, -0.1) is 0 Å². The van der Waals surface area contributed by atoms with Crippen molar-refractivity contribution >= 4 is 5.97 Å². The van der Waals surface area contributed by atoms with Gasteiger partial charge in [-0.3, -0.25) is 4.90 Å². The van der Waals surface area contributed by atoms with Gasteiger partial charge in [0.25, 0.3) is 0 Å². The standard InChI is InChI=1S/C16H24FNO2.C2HF3O2/c1-16(2,19)13-7-9-18(10-8-13)11-12-20-15-5-3-14(17)4-6-15;3-2(4,5)1(6)7/h3-6,13,19H,7-12H2,1-2H3;(H,6,7). The smallest absolute Gasteiger partial charge is 0.490 e. The summed E-state index contributed by atoms with van der Waals surface area (Å²) in [5, 5.41) is 17.1. The van der Waals surface area contributed by atoms with Crippen LogP contribution in [0.15, 0.2) is 24.3 Å². The van der Waals surface area contributed by atoms with E-state index in [2.05, 4.69) is 4.90 Å². The summed E-state index contributed by atoms with van der Waals surface area (Å²) in [6.45, 7) is 7.27. The van der Waals surface area contributed by atoms with Crippen LogP contribution in [0.3, 0.4) is 0 Å². The molecule has 27 heavy (non-hydrogen) atoms. The number of carbonyl (C=O) groups is 1. The van der Waals surface area contributed by atoms with Gasteiger partial charge in [0, 0.05) is 6.54 Å². The second-order valence-corrected chi connectivity index (χ2v) is 6.87. The number of carboxylic acids is 1. The molecule has 1 saturated heterocycles. The molecule has 0 unspecified atom stereocenters. The number of alkyl halides is 3. The summed E-state index contributed by atoms with van der Waals surface area (Å²) in [5.41, 5.74) is -0.573. The highest BCUT2D eigenvalue weighted by molar-refractivity contribution is 5.73. The number of carboxylic acid groups (broad SMARTS) is 1. The number of hydrogen-bond donors (Lipinski definition) is 2. The van der Waals surface area contributed by atoms with Gasteiger partial charge < -0.3 is 14.9 Å². The molecule has 0 saturated carbocycles. The minimum Gasteiger partial charge on any atom is -0.492 e. The van der Waals surface area contributed by atoms with Crippen LogP contribution in [0.25, 0.3) is 0 Å². The molecule has 9 heteroatoms. The van der Waals surface area contributed by atoms with E-state index in [1.165, 1.54) is 12.1 Å². The zero-order chi connectivity index (χ0) is 20.7. The fourth-order valence-corrected chi connectivity index (χ4v) is 2.69. The molecule has 1 aromatic carbocycles. The molecule has 0 aromatic heterocycles. The van der Waals surface area contributed by atoms with E-state index in [0.29, 0.717) is 18.3 Å². The van der Waals surface area contributed by atoms with Crippen molar-refractivity contribution in [3.8, 4) is 5.75 Å². The zero-order valence-corrected chi connectivity index (χ0v) is 15.3. The van der Waals surface area contributed by atoms with Gasteiger partial charge in [-0.2, -0.15) is 13.2 Å². The van der Waals surface area contributed by atoms with Gasteiger partial charge >= 0.3 is 12.1 Å². The first-order valence-electron chi connectivity index (χ1n) is 8.53. The lowest BCUT2D eigenvalue weighted by Gasteiger charge is -2.37. The minimum atomic E-state index is -5.08. The summed E-state index contributed by atoms with van der Waals surface area (Å²) in [6.07, 6.45) is -3.03. The van der Waals surface area contributed by atoms with Crippen molar-refractivity contribution in [3.63, 3.8) is 0 Å². The van der Waals surface area contributed by atoms with E-state index in [4.69, 9.17) is 14.6 Å². The number of piperidine rings is 1. The van der Waals surface area contributed by atoms with Crippen molar-refractivity contribution in [1.29, 1.82) is 0 Å². The molecule has 0 spiro atoms. The fraction of sp³-hybridized carbons (Fsp3) is 0.611. The Hall–Kier alpha value is -1.87. The number of hydrogen-bond acceptors (Lipinski definition) is 4. The number of benzene rings is 1. The Labute approximate surface area is 155 Å². The molecule has 2 N–H and O–H groups in total. The lowest BCUT2D eigenvalue weighted by molar-refractivity contribution is -0.192. The van der Waals surface area contributed by atoms with Crippen LogP contribution in [0, 0.1) is 11.7 Å². The van der Waals surface area contributed by atoms with Gasteiger partial charge in [0.1, 0.15) is 18.2 Å². The van der Waals surface area contributed by atoms with E-state index >= 15 is 0 Å². The highest BCUT2D eigenvalue weighted by atomic mass is 19.4. The number of aliphatic hydroxyl groups is 1. The molecule has 1 heterocycles. The normalized spacial score (nSPS) is 16.4. The van der Waals surface area contributed by atoms with E-state index in [1.807, 2.05) is 13.8 Å². The average molecular weight is 395 g/mol. The zero-order valence-electron chi connectivity index (χ0n) is 15.3. The Bertz CT molecular complexity index is 577. The maximum atomic E-state index is 12.7. The van der Waals surface area contributed by atoms with Gasteiger partial charge in [0.2, 0.25) is 0 Å². The van der Waals surface area contributed by atoms with Crippen LogP contribution in [0.1, 0.15) is 26.7 Å². The molecule has 0 atom stereocenters. The monoisotopic (exact) mass is 395 g/mol. The van der Waals surface area contributed by atoms with Crippen LogP contribution in [-0.2, 0) is 4.79 Å². The number of ether oxygens (including phenoxy) is 1. The summed E-state index contributed by atoms with van der Waals surface area (Å²) >= 11 is 0. The van der Waals surface area contributed by atoms with Gasteiger partial charge in [-0.05, 0) is 70.0 Å². The first-order chi connectivity index (χ1) is 12.4. The van der Waals surface area contributed by atoms with Crippen LogP contribution in [0.4, 0.5) is 17.6 Å². The molecule has 0 bridgehead atoms. The Morgan fingerprint density at radius 1 is 1.19 bits per heavy atom. The van der Waals surface area contributed by atoms with E-state index in [9.17, 15) is 22.7 Å². The molecule has 154 valence electrons. The van der Waals surface area contributed by atoms with Crippen LogP contribution in [0.2, 0.25) is 0 Å². The molecule has 1 fully saturated rings. The summed E-state index contributed by atoms with van der Waals surface area (Å²) in [5.74, 6) is -1.91. The quantitative estimate of drug-likeness (QED) is 0.749. The van der Waals surface area contributed by atoms with Crippen molar-refractivity contribution < 1.29 is 37.3 Å². The van der Waals surface area contributed by atoms with E-state index in [0.717, 1.165) is 32.5 Å². The van der Waals surface area contributed by atoms with E-state index < -0.39 is 17.7 Å². The predicted octanol–water partition coefficient (Wildman–Crippen LogP) is 3.32. The number of aliphatic carboxylic acids is 1. The van der Waals surface area contributed by atoms with Crippen LogP contribution in [-0.4, -0.2) is 59.1 Å². The SMILES string of the molecule is CC(C)(O)C1CCN(CCOc2ccc(F)cc2)CC1.O=C(O)C(F)(F)F. The molecule has 1 aromatic rings. The molecule has 5 nitrogen and oxygen atoms in total. The van der Waals surface area contributed by atoms with Crippen molar-refractivity contribution in [2.24, 2.45) is 5.92 Å². The lowest BCUT2D eigenvalue weighted by atomic mass is 9.83. The Balaban J connectivity index is 0.000000445. The summed E-state index contributed by atoms with van der Waals surface area (Å²) in [6, 6.07) is 6.11. The second-order valence-electron chi connectivity index (χ2n) is 6.87. The van der Waals surface area contributed by atoms with E-state index in [1.54, 1.807) is 12.1 Å². The Morgan fingerprint density at radius 2 is 1.67 bits per heavy atom. The van der Waals surface area contributed by atoms with E-state index in [-0.39, 0.29) is 5.82 Å². The Kier molecular flexibility index (Phi) is 8.49. The number of nitrogens with zero attached hydrogens (tertiary/aromatic N) is 1. The molecule has 1 aliphatic rings. The summed E-state index contributed by atoms with van der Waals surface area (Å²) < 4.78 is 50.1. The third-order valence-corrected chi connectivity index (χ3v) is 4.32. The van der Waals surface area contributed by atoms with Crippen molar-refractivity contribution in [3.05, 3.63) is 30.1 Å². The van der Waals surface area contributed by atoms with Gasteiger partial charge in [-0.25, -0.2) is 9.18 Å². The molecule has 0 aliphatic carbocycles. The van der Waals surface area contributed by atoms with Crippen LogP contribution < -0.4 is 4.74 Å². The molecule has 2 rings (SSSR count). The minimum absolute atomic E-state index is 0.244. The van der Waals surface area contributed by atoms with Crippen LogP contribution >= 0.6 is 0 Å². The molecular weight excluding hydrogens is 370 g/mol. The molecule has 0 amide bonds.